The molecule has 166 valence electrons. The number of nitrogens with zero attached hydrogens (tertiary/aromatic N) is 2. The van der Waals surface area contributed by atoms with Crippen LogP contribution in [0.3, 0.4) is 0 Å². The van der Waals surface area contributed by atoms with E-state index < -0.39 is 5.60 Å². The highest BCUT2D eigenvalue weighted by atomic mass is 16.7. The molecule has 33 heavy (non-hydrogen) atoms. The van der Waals surface area contributed by atoms with Crippen molar-refractivity contribution < 1.29 is 14.6 Å². The zero-order valence-corrected chi connectivity index (χ0v) is 18.5. The Morgan fingerprint density at radius 1 is 1.03 bits per heavy atom. The van der Waals surface area contributed by atoms with Crippen molar-refractivity contribution >= 4 is 0 Å². The molecule has 0 saturated carbocycles. The molecule has 2 bridgehead atoms. The van der Waals surface area contributed by atoms with Gasteiger partial charge >= 0.3 is 0 Å². The SMILES string of the molecule is O[C@]1(C#Cc2cnc(-c3ccc4c(c3)OCO4)cc2Cc2ccccc2)CN2CCC1CC2. The second-order valence-electron chi connectivity index (χ2n) is 9.18. The lowest BCUT2D eigenvalue weighted by molar-refractivity contribution is -0.0713. The first-order valence-electron chi connectivity index (χ1n) is 11.6. The van der Waals surface area contributed by atoms with Crippen LogP contribution < -0.4 is 9.47 Å². The predicted molar refractivity (Wildman–Crippen MR) is 126 cm³/mol. The number of aliphatic hydroxyl groups is 1. The summed E-state index contributed by atoms with van der Waals surface area (Å²) in [7, 11) is 0. The van der Waals surface area contributed by atoms with Crippen LogP contribution in [0.25, 0.3) is 11.3 Å². The summed E-state index contributed by atoms with van der Waals surface area (Å²) in [6.07, 6.45) is 4.63. The van der Waals surface area contributed by atoms with E-state index in [-0.39, 0.29) is 12.7 Å². The molecular weight excluding hydrogens is 412 g/mol. The number of ether oxygens (including phenoxy) is 2. The van der Waals surface area contributed by atoms with Gasteiger partial charge in [0.05, 0.1) is 5.69 Å². The molecule has 0 aliphatic carbocycles. The van der Waals surface area contributed by atoms with E-state index in [2.05, 4.69) is 47.1 Å². The van der Waals surface area contributed by atoms with Crippen LogP contribution in [0, 0.1) is 17.8 Å². The summed E-state index contributed by atoms with van der Waals surface area (Å²) in [5.41, 5.74) is 4.09. The first kappa shape index (κ1) is 20.3. The highest BCUT2D eigenvalue weighted by Crippen LogP contribution is 2.37. The van der Waals surface area contributed by atoms with Crippen molar-refractivity contribution in [2.45, 2.75) is 24.9 Å². The molecule has 3 saturated heterocycles. The molecule has 2 aromatic carbocycles. The third-order valence-electron chi connectivity index (χ3n) is 7.04. The Balaban J connectivity index is 1.37. The Kier molecular flexibility index (Phi) is 5.05. The molecule has 7 rings (SSSR count). The van der Waals surface area contributed by atoms with Gasteiger partial charge in [-0.05, 0) is 67.7 Å². The van der Waals surface area contributed by atoms with Gasteiger partial charge in [0.15, 0.2) is 11.5 Å². The standard InChI is InChI=1S/C28H26N2O3/c31-28(18-30-12-9-24(28)10-13-30)11-8-22-17-29-25(15-23(22)14-20-4-2-1-3-5-20)21-6-7-26-27(16-21)33-19-32-26/h1-7,15-17,24,31H,9-10,12-14,18-19H2/t28-/m1/s1. The van der Waals surface area contributed by atoms with Crippen molar-refractivity contribution in [3.05, 3.63) is 77.5 Å². The van der Waals surface area contributed by atoms with Crippen molar-refractivity contribution in [3.8, 4) is 34.6 Å². The van der Waals surface area contributed by atoms with Gasteiger partial charge in [-0.1, -0.05) is 42.2 Å². The Hall–Kier alpha value is -3.33. The van der Waals surface area contributed by atoms with E-state index >= 15 is 0 Å². The molecule has 5 heterocycles. The van der Waals surface area contributed by atoms with Crippen molar-refractivity contribution in [1.29, 1.82) is 0 Å². The van der Waals surface area contributed by atoms with Crippen LogP contribution in [-0.4, -0.2) is 47.0 Å². The highest BCUT2D eigenvalue weighted by Gasteiger charge is 2.44. The van der Waals surface area contributed by atoms with E-state index in [0.29, 0.717) is 6.54 Å². The first-order chi connectivity index (χ1) is 16.2. The maximum absolute atomic E-state index is 11.3. The van der Waals surface area contributed by atoms with Gasteiger partial charge in [0, 0.05) is 29.8 Å². The predicted octanol–water partition coefficient (Wildman–Crippen LogP) is 3.88. The summed E-state index contributed by atoms with van der Waals surface area (Å²) in [4.78, 5) is 7.04. The van der Waals surface area contributed by atoms with Gasteiger partial charge in [0.1, 0.15) is 5.60 Å². The maximum atomic E-state index is 11.3. The van der Waals surface area contributed by atoms with Gasteiger partial charge in [-0.3, -0.25) is 9.88 Å². The Morgan fingerprint density at radius 3 is 2.64 bits per heavy atom. The Morgan fingerprint density at radius 2 is 1.85 bits per heavy atom. The fourth-order valence-electron chi connectivity index (χ4n) is 5.14. The molecule has 1 atom stereocenters. The quantitative estimate of drug-likeness (QED) is 0.629. The van der Waals surface area contributed by atoms with E-state index in [1.54, 1.807) is 0 Å². The number of piperidine rings is 3. The summed E-state index contributed by atoms with van der Waals surface area (Å²) in [6, 6.07) is 18.4. The zero-order valence-electron chi connectivity index (χ0n) is 18.5. The van der Waals surface area contributed by atoms with Gasteiger partial charge in [-0.2, -0.15) is 0 Å². The highest BCUT2D eigenvalue weighted by molar-refractivity contribution is 5.66. The number of benzene rings is 2. The Bertz CT molecular complexity index is 1240. The first-order valence-corrected chi connectivity index (χ1v) is 11.6. The van der Waals surface area contributed by atoms with E-state index in [9.17, 15) is 5.11 Å². The van der Waals surface area contributed by atoms with E-state index in [0.717, 1.165) is 66.2 Å². The molecule has 1 N–H and O–H groups in total. The molecule has 0 unspecified atom stereocenters. The summed E-state index contributed by atoms with van der Waals surface area (Å²) in [6.45, 7) is 3.03. The normalized spacial score (nSPS) is 24.9. The molecule has 3 fully saturated rings. The number of aromatic nitrogens is 1. The van der Waals surface area contributed by atoms with Crippen LogP contribution in [0.15, 0.2) is 60.8 Å². The van der Waals surface area contributed by atoms with E-state index in [4.69, 9.17) is 14.5 Å². The van der Waals surface area contributed by atoms with Gasteiger partial charge in [0.25, 0.3) is 0 Å². The molecule has 5 nitrogen and oxygen atoms in total. The molecule has 1 aromatic heterocycles. The molecule has 0 radical (unpaired) electrons. The lowest BCUT2D eigenvalue weighted by atomic mass is 9.75. The minimum absolute atomic E-state index is 0.251. The van der Waals surface area contributed by atoms with Gasteiger partial charge in [0.2, 0.25) is 6.79 Å². The van der Waals surface area contributed by atoms with Crippen LogP contribution in [0.4, 0.5) is 0 Å². The minimum Gasteiger partial charge on any atom is -0.454 e. The fourth-order valence-corrected chi connectivity index (χ4v) is 5.14. The fraction of sp³-hybridized carbons (Fsp3) is 0.321. The van der Waals surface area contributed by atoms with Crippen LogP contribution in [-0.2, 0) is 6.42 Å². The molecule has 4 aliphatic rings. The molecule has 3 aromatic rings. The van der Waals surface area contributed by atoms with E-state index in [1.807, 2.05) is 30.5 Å². The van der Waals surface area contributed by atoms with Crippen LogP contribution in [0.5, 0.6) is 11.5 Å². The number of hydrogen-bond acceptors (Lipinski definition) is 5. The van der Waals surface area contributed by atoms with Gasteiger partial charge in [-0.15, -0.1) is 0 Å². The largest absolute Gasteiger partial charge is 0.454 e. The average molecular weight is 439 g/mol. The van der Waals surface area contributed by atoms with Gasteiger partial charge < -0.3 is 14.6 Å². The number of rotatable bonds is 3. The van der Waals surface area contributed by atoms with Crippen molar-refractivity contribution in [2.24, 2.45) is 5.92 Å². The molecule has 5 heteroatoms. The summed E-state index contributed by atoms with van der Waals surface area (Å²) in [5.74, 6) is 8.33. The molecule has 4 aliphatic heterocycles. The lowest BCUT2D eigenvalue weighted by Gasteiger charge is -2.47. The van der Waals surface area contributed by atoms with Crippen molar-refractivity contribution in [1.82, 2.24) is 9.88 Å². The third kappa shape index (κ3) is 3.97. The van der Waals surface area contributed by atoms with Crippen LogP contribution in [0.2, 0.25) is 0 Å². The average Bonchev–Trinajstić information content (AvgIpc) is 3.32. The second-order valence-corrected chi connectivity index (χ2v) is 9.18. The van der Waals surface area contributed by atoms with Crippen LogP contribution in [0.1, 0.15) is 29.5 Å². The van der Waals surface area contributed by atoms with Crippen LogP contribution >= 0.6 is 0 Å². The summed E-state index contributed by atoms with van der Waals surface area (Å²) < 4.78 is 11.0. The second kappa shape index (κ2) is 8.22. The zero-order chi connectivity index (χ0) is 22.3. The number of hydrogen-bond donors (Lipinski definition) is 1. The number of fused-ring (bicyclic) bond motifs is 4. The minimum atomic E-state index is -0.934. The third-order valence-corrected chi connectivity index (χ3v) is 7.04. The summed E-state index contributed by atoms with van der Waals surface area (Å²) in [5, 5.41) is 11.3. The van der Waals surface area contributed by atoms with Crippen molar-refractivity contribution in [3.63, 3.8) is 0 Å². The topological polar surface area (TPSA) is 54.8 Å². The number of pyridine rings is 1. The van der Waals surface area contributed by atoms with Crippen molar-refractivity contribution in [2.75, 3.05) is 26.4 Å². The lowest BCUT2D eigenvalue weighted by Crippen LogP contribution is -2.58. The smallest absolute Gasteiger partial charge is 0.231 e. The monoisotopic (exact) mass is 438 g/mol. The van der Waals surface area contributed by atoms with Gasteiger partial charge in [-0.25, -0.2) is 0 Å². The summed E-state index contributed by atoms with van der Waals surface area (Å²) >= 11 is 0. The molecular formula is C28H26N2O3. The van der Waals surface area contributed by atoms with E-state index in [1.165, 1.54) is 5.56 Å². The Labute approximate surface area is 194 Å². The molecule has 0 amide bonds. The molecule has 0 spiro atoms. The maximum Gasteiger partial charge on any atom is 0.231 e.